The molecule has 1 aliphatic heterocycles. The lowest BCUT2D eigenvalue weighted by Gasteiger charge is -2.35. The fraction of sp³-hybridized carbons (Fsp3) is 0.400. The zero-order valence-corrected chi connectivity index (χ0v) is 20.2. The fourth-order valence-electron chi connectivity index (χ4n) is 3.77. The Hall–Kier alpha value is -2.84. The van der Waals surface area contributed by atoms with Crippen LogP contribution >= 0.6 is 11.8 Å². The summed E-state index contributed by atoms with van der Waals surface area (Å²) in [6.07, 6.45) is 0. The number of aromatic nitrogens is 2. The molecule has 0 bridgehead atoms. The summed E-state index contributed by atoms with van der Waals surface area (Å²) in [5.41, 5.74) is 3.48. The van der Waals surface area contributed by atoms with Crippen LogP contribution in [0.15, 0.2) is 58.2 Å². The average molecular weight is 467 g/mol. The normalized spacial score (nSPS) is 15.4. The molecule has 2 heterocycles. The number of hydrogen-bond acceptors (Lipinski definition) is 7. The second-order valence-electron chi connectivity index (χ2n) is 8.37. The summed E-state index contributed by atoms with van der Waals surface area (Å²) < 4.78 is 11.5. The van der Waals surface area contributed by atoms with Gasteiger partial charge >= 0.3 is 0 Å². The van der Waals surface area contributed by atoms with Crippen molar-refractivity contribution in [3.63, 3.8) is 0 Å². The van der Waals surface area contributed by atoms with E-state index in [2.05, 4.69) is 39.4 Å². The van der Waals surface area contributed by atoms with E-state index in [0.717, 1.165) is 49.6 Å². The third-order valence-corrected chi connectivity index (χ3v) is 6.62. The van der Waals surface area contributed by atoms with Gasteiger partial charge in [-0.2, -0.15) is 0 Å². The van der Waals surface area contributed by atoms with Crippen LogP contribution in [0.3, 0.4) is 0 Å². The van der Waals surface area contributed by atoms with Gasteiger partial charge < -0.3 is 14.1 Å². The standard InChI is InChI=1S/C25H30N4O3S/c1-18-9-10-19(2)22(15-18)31-17-23-26-27-25(32-23)33-20(3)24(30)29-13-11-28(12-14-29)16-21-7-5-4-6-8-21/h4-10,15,20H,11-14,16-17H2,1-3H3. The minimum absolute atomic E-state index is 0.103. The van der Waals surface area contributed by atoms with Crippen LogP contribution in [0.25, 0.3) is 0 Å². The lowest BCUT2D eigenvalue weighted by molar-refractivity contribution is -0.132. The predicted molar refractivity (Wildman–Crippen MR) is 128 cm³/mol. The highest BCUT2D eigenvalue weighted by Gasteiger charge is 2.27. The molecule has 0 radical (unpaired) electrons. The largest absolute Gasteiger partial charge is 0.484 e. The van der Waals surface area contributed by atoms with E-state index in [1.165, 1.54) is 17.3 Å². The molecule has 33 heavy (non-hydrogen) atoms. The second-order valence-corrected chi connectivity index (χ2v) is 9.66. The van der Waals surface area contributed by atoms with Gasteiger partial charge in [-0.25, -0.2) is 0 Å². The first kappa shape index (κ1) is 23.3. The minimum Gasteiger partial charge on any atom is -0.484 e. The Morgan fingerprint density at radius 2 is 1.85 bits per heavy atom. The number of hydrogen-bond donors (Lipinski definition) is 0. The molecule has 2 aromatic carbocycles. The first-order valence-electron chi connectivity index (χ1n) is 11.2. The molecule has 1 aliphatic rings. The molecule has 7 nitrogen and oxygen atoms in total. The molecule has 1 fully saturated rings. The molecule has 174 valence electrons. The van der Waals surface area contributed by atoms with E-state index in [0.29, 0.717) is 11.1 Å². The van der Waals surface area contributed by atoms with Crippen molar-refractivity contribution >= 4 is 17.7 Å². The van der Waals surface area contributed by atoms with Gasteiger partial charge in [0.25, 0.3) is 11.1 Å². The summed E-state index contributed by atoms with van der Waals surface area (Å²) >= 11 is 1.30. The van der Waals surface area contributed by atoms with Gasteiger partial charge in [-0.15, -0.1) is 10.2 Å². The van der Waals surface area contributed by atoms with Crippen molar-refractivity contribution in [1.82, 2.24) is 20.0 Å². The molecule has 4 rings (SSSR count). The average Bonchev–Trinajstić information content (AvgIpc) is 3.27. The molecule has 8 heteroatoms. The zero-order valence-electron chi connectivity index (χ0n) is 19.4. The van der Waals surface area contributed by atoms with Gasteiger partial charge in [-0.05, 0) is 43.5 Å². The number of benzene rings is 2. The molecular weight excluding hydrogens is 436 g/mol. The lowest BCUT2D eigenvalue weighted by Crippen LogP contribution is -2.50. The van der Waals surface area contributed by atoms with Crippen molar-refractivity contribution < 1.29 is 13.9 Å². The highest BCUT2D eigenvalue weighted by Crippen LogP contribution is 2.25. The number of nitrogens with zero attached hydrogens (tertiary/aromatic N) is 4. The van der Waals surface area contributed by atoms with Gasteiger partial charge in [0, 0.05) is 32.7 Å². The molecule has 0 spiro atoms. The number of carbonyl (C=O) groups is 1. The Morgan fingerprint density at radius 3 is 2.61 bits per heavy atom. The van der Waals surface area contributed by atoms with E-state index >= 15 is 0 Å². The third-order valence-electron chi connectivity index (χ3n) is 5.70. The van der Waals surface area contributed by atoms with E-state index in [1.54, 1.807) is 0 Å². The predicted octanol–water partition coefficient (Wildman–Crippen LogP) is 4.09. The topological polar surface area (TPSA) is 71.7 Å². The highest BCUT2D eigenvalue weighted by molar-refractivity contribution is 8.00. The van der Waals surface area contributed by atoms with Crippen molar-refractivity contribution in [1.29, 1.82) is 0 Å². The van der Waals surface area contributed by atoms with Crippen LogP contribution in [0.5, 0.6) is 5.75 Å². The Balaban J connectivity index is 1.24. The molecule has 3 aromatic rings. The van der Waals surface area contributed by atoms with Gasteiger partial charge in [0.2, 0.25) is 5.91 Å². The van der Waals surface area contributed by atoms with E-state index in [1.807, 2.05) is 49.9 Å². The van der Waals surface area contributed by atoms with Crippen molar-refractivity contribution in [3.8, 4) is 5.75 Å². The molecule has 1 saturated heterocycles. The highest BCUT2D eigenvalue weighted by atomic mass is 32.2. The SMILES string of the molecule is Cc1ccc(C)c(OCc2nnc(SC(C)C(=O)N3CCN(Cc4ccccc4)CC3)o2)c1. The molecule has 0 saturated carbocycles. The first-order valence-corrected chi connectivity index (χ1v) is 12.1. The molecule has 1 atom stereocenters. The third kappa shape index (κ3) is 6.36. The molecular formula is C25H30N4O3S. The maximum atomic E-state index is 12.9. The van der Waals surface area contributed by atoms with Crippen molar-refractivity contribution in [2.75, 3.05) is 26.2 Å². The van der Waals surface area contributed by atoms with Gasteiger partial charge in [0.05, 0.1) is 5.25 Å². The van der Waals surface area contributed by atoms with Crippen molar-refractivity contribution in [2.24, 2.45) is 0 Å². The number of rotatable bonds is 8. The van der Waals surface area contributed by atoms with Crippen LogP contribution in [0.2, 0.25) is 0 Å². The summed E-state index contributed by atoms with van der Waals surface area (Å²) in [7, 11) is 0. The van der Waals surface area contributed by atoms with Crippen LogP contribution in [0, 0.1) is 13.8 Å². The summed E-state index contributed by atoms with van der Waals surface area (Å²) in [6, 6.07) is 16.5. The minimum atomic E-state index is -0.293. The number of thioether (sulfide) groups is 1. The Labute approximate surface area is 199 Å². The monoisotopic (exact) mass is 466 g/mol. The number of ether oxygens (including phenoxy) is 1. The molecule has 0 N–H and O–H groups in total. The van der Waals surface area contributed by atoms with E-state index in [9.17, 15) is 4.79 Å². The zero-order chi connectivity index (χ0) is 23.2. The fourth-order valence-corrected chi connectivity index (χ4v) is 4.56. The summed E-state index contributed by atoms with van der Waals surface area (Å²) in [5, 5.41) is 8.24. The molecule has 1 amide bonds. The molecule has 1 unspecified atom stereocenters. The van der Waals surface area contributed by atoms with Crippen LogP contribution in [0.1, 0.15) is 29.5 Å². The summed E-state index contributed by atoms with van der Waals surface area (Å²) in [4.78, 5) is 17.2. The Bertz CT molecular complexity index is 1060. The summed E-state index contributed by atoms with van der Waals surface area (Å²) in [6.45, 7) is 10.2. The van der Waals surface area contributed by atoms with Crippen molar-refractivity contribution in [2.45, 2.75) is 44.4 Å². The smallest absolute Gasteiger partial charge is 0.277 e. The first-order chi connectivity index (χ1) is 16.0. The van der Waals surface area contributed by atoms with Crippen LogP contribution < -0.4 is 4.74 Å². The Morgan fingerprint density at radius 1 is 1.09 bits per heavy atom. The van der Waals surface area contributed by atoms with Crippen LogP contribution in [0.4, 0.5) is 0 Å². The van der Waals surface area contributed by atoms with Crippen LogP contribution in [-0.4, -0.2) is 57.3 Å². The number of piperazine rings is 1. The summed E-state index contributed by atoms with van der Waals surface area (Å²) in [5.74, 6) is 1.30. The molecule has 0 aliphatic carbocycles. The van der Waals surface area contributed by atoms with E-state index in [-0.39, 0.29) is 17.8 Å². The van der Waals surface area contributed by atoms with Gasteiger partial charge in [-0.1, -0.05) is 54.2 Å². The lowest BCUT2D eigenvalue weighted by atomic mass is 10.1. The van der Waals surface area contributed by atoms with Crippen LogP contribution in [-0.2, 0) is 17.9 Å². The quantitative estimate of drug-likeness (QED) is 0.463. The number of carbonyl (C=O) groups excluding carboxylic acids is 1. The number of amides is 1. The van der Waals surface area contributed by atoms with Crippen molar-refractivity contribution in [3.05, 3.63) is 71.1 Å². The maximum absolute atomic E-state index is 12.9. The van der Waals surface area contributed by atoms with Gasteiger partial charge in [0.15, 0.2) is 6.61 Å². The van der Waals surface area contributed by atoms with Gasteiger partial charge in [-0.3, -0.25) is 9.69 Å². The number of aryl methyl sites for hydroxylation is 2. The second kappa shape index (κ2) is 10.9. The Kier molecular flexibility index (Phi) is 7.67. The van der Waals surface area contributed by atoms with E-state index in [4.69, 9.17) is 9.15 Å². The van der Waals surface area contributed by atoms with E-state index < -0.39 is 0 Å². The maximum Gasteiger partial charge on any atom is 0.277 e. The molecule has 1 aromatic heterocycles. The van der Waals surface area contributed by atoms with Gasteiger partial charge in [0.1, 0.15) is 5.75 Å².